The lowest BCUT2D eigenvalue weighted by molar-refractivity contribution is -0.137. The molecule has 0 saturated heterocycles. The molecule has 0 aliphatic rings. The molecule has 0 radical (unpaired) electrons. The second kappa shape index (κ2) is 9.99. The molecular weight excluding hydrogens is 469 g/mol. The van der Waals surface area contributed by atoms with Crippen LogP contribution in [0.25, 0.3) is 0 Å². The maximum absolute atomic E-state index is 13.2. The number of amides is 1. The summed E-state index contributed by atoms with van der Waals surface area (Å²) in [7, 11) is -4.09. The topological polar surface area (TPSA) is 75.7 Å². The summed E-state index contributed by atoms with van der Waals surface area (Å²) < 4.78 is 70.4. The standard InChI is InChI=1S/C21H24ClF3N2O4S/c1-13-9-14(2)11-17(10-13)31-8-7-26-20(28)15(3)27(32(4,29)30)16-5-6-19(22)18(12-16)21(23,24)25/h5-6,9-12,15H,7-8H2,1-4H3,(H,26,28)/t15-/m1/s1. The minimum absolute atomic E-state index is 0.0716. The van der Waals surface area contributed by atoms with Gasteiger partial charge >= 0.3 is 6.18 Å². The summed E-state index contributed by atoms with van der Waals surface area (Å²) in [6, 6.07) is 7.01. The zero-order chi connectivity index (χ0) is 24.3. The Kier molecular flexibility index (Phi) is 8.06. The van der Waals surface area contributed by atoms with Gasteiger partial charge in [-0.2, -0.15) is 13.2 Å². The van der Waals surface area contributed by atoms with Crippen LogP contribution in [0.15, 0.2) is 36.4 Å². The molecule has 0 bridgehead atoms. The molecule has 0 spiro atoms. The number of hydrogen-bond acceptors (Lipinski definition) is 4. The van der Waals surface area contributed by atoms with Gasteiger partial charge in [0.1, 0.15) is 18.4 Å². The Balaban J connectivity index is 2.13. The number of alkyl halides is 3. The molecule has 2 aromatic rings. The fourth-order valence-corrected chi connectivity index (χ4v) is 4.57. The molecule has 32 heavy (non-hydrogen) atoms. The van der Waals surface area contributed by atoms with Crippen molar-refractivity contribution in [2.45, 2.75) is 33.0 Å². The number of hydrogen-bond donors (Lipinski definition) is 1. The minimum atomic E-state index is -4.78. The summed E-state index contributed by atoms with van der Waals surface area (Å²) in [5.74, 6) is -0.0636. The Morgan fingerprint density at radius 3 is 2.28 bits per heavy atom. The highest BCUT2D eigenvalue weighted by Crippen LogP contribution is 2.37. The minimum Gasteiger partial charge on any atom is -0.492 e. The first-order chi connectivity index (χ1) is 14.7. The first kappa shape index (κ1) is 25.8. The van der Waals surface area contributed by atoms with Gasteiger partial charge in [-0.25, -0.2) is 8.42 Å². The highest BCUT2D eigenvalue weighted by molar-refractivity contribution is 7.92. The van der Waals surface area contributed by atoms with Gasteiger partial charge in [0.05, 0.1) is 29.1 Å². The number of halogens is 4. The molecule has 176 valence electrons. The number of anilines is 1. The molecule has 0 aliphatic heterocycles. The second-order valence-electron chi connectivity index (χ2n) is 7.36. The molecule has 11 heteroatoms. The molecule has 1 N–H and O–H groups in total. The number of benzene rings is 2. The predicted octanol–water partition coefficient (Wildman–Crippen LogP) is 4.33. The highest BCUT2D eigenvalue weighted by atomic mass is 35.5. The van der Waals surface area contributed by atoms with Crippen molar-refractivity contribution in [2.75, 3.05) is 23.7 Å². The largest absolute Gasteiger partial charge is 0.492 e. The monoisotopic (exact) mass is 492 g/mol. The number of aryl methyl sites for hydroxylation is 2. The maximum Gasteiger partial charge on any atom is 0.417 e. The van der Waals surface area contributed by atoms with E-state index in [2.05, 4.69) is 5.32 Å². The van der Waals surface area contributed by atoms with Crippen molar-refractivity contribution < 1.29 is 31.1 Å². The summed E-state index contributed by atoms with van der Waals surface area (Å²) in [5.41, 5.74) is 0.517. The highest BCUT2D eigenvalue weighted by Gasteiger charge is 2.36. The maximum atomic E-state index is 13.2. The van der Waals surface area contributed by atoms with Crippen LogP contribution >= 0.6 is 11.6 Å². The van der Waals surface area contributed by atoms with Crippen LogP contribution in [0.3, 0.4) is 0 Å². The van der Waals surface area contributed by atoms with E-state index in [1.807, 2.05) is 32.0 Å². The van der Waals surface area contributed by atoms with Crippen LogP contribution in [0.1, 0.15) is 23.6 Å². The predicted molar refractivity (Wildman–Crippen MR) is 118 cm³/mol. The smallest absolute Gasteiger partial charge is 0.417 e. The Morgan fingerprint density at radius 2 is 1.75 bits per heavy atom. The zero-order valence-electron chi connectivity index (χ0n) is 18.0. The average Bonchev–Trinajstić information content (AvgIpc) is 2.63. The molecule has 0 fully saturated rings. The number of nitrogens with zero attached hydrogens (tertiary/aromatic N) is 1. The Bertz CT molecular complexity index is 1070. The van der Waals surface area contributed by atoms with E-state index in [1.54, 1.807) is 0 Å². The number of carbonyl (C=O) groups excluding carboxylic acids is 1. The molecule has 0 aromatic heterocycles. The normalized spacial score (nSPS) is 12.9. The van der Waals surface area contributed by atoms with Crippen molar-refractivity contribution in [3.63, 3.8) is 0 Å². The van der Waals surface area contributed by atoms with Crippen molar-refractivity contribution in [1.82, 2.24) is 5.32 Å². The van der Waals surface area contributed by atoms with Crippen LogP contribution in [0, 0.1) is 13.8 Å². The molecule has 0 saturated carbocycles. The average molecular weight is 493 g/mol. The lowest BCUT2D eigenvalue weighted by Gasteiger charge is -2.29. The van der Waals surface area contributed by atoms with E-state index in [4.69, 9.17) is 16.3 Å². The van der Waals surface area contributed by atoms with Gasteiger partial charge in [0, 0.05) is 0 Å². The third-order valence-electron chi connectivity index (χ3n) is 4.46. The Hall–Kier alpha value is -2.46. The van der Waals surface area contributed by atoms with Gasteiger partial charge in [0.2, 0.25) is 15.9 Å². The fraction of sp³-hybridized carbons (Fsp3) is 0.381. The van der Waals surface area contributed by atoms with E-state index < -0.39 is 38.7 Å². The van der Waals surface area contributed by atoms with Crippen LogP contribution in [0.5, 0.6) is 5.75 Å². The van der Waals surface area contributed by atoms with Crippen molar-refractivity contribution in [2.24, 2.45) is 0 Å². The second-order valence-corrected chi connectivity index (χ2v) is 9.63. The van der Waals surface area contributed by atoms with Crippen LogP contribution in [0.4, 0.5) is 18.9 Å². The lowest BCUT2D eigenvalue weighted by atomic mass is 10.1. The molecule has 1 amide bonds. The van der Waals surface area contributed by atoms with Crippen molar-refractivity contribution in [3.05, 3.63) is 58.1 Å². The summed E-state index contributed by atoms with van der Waals surface area (Å²) in [5, 5.41) is 1.97. The number of nitrogens with one attached hydrogen (secondary N) is 1. The molecule has 2 rings (SSSR count). The third kappa shape index (κ3) is 6.77. The van der Waals surface area contributed by atoms with Crippen molar-refractivity contribution in [1.29, 1.82) is 0 Å². The van der Waals surface area contributed by atoms with Crippen LogP contribution in [-0.4, -0.2) is 39.8 Å². The number of carbonyl (C=O) groups is 1. The molecule has 6 nitrogen and oxygen atoms in total. The lowest BCUT2D eigenvalue weighted by Crippen LogP contribution is -2.48. The molecule has 0 aliphatic carbocycles. The van der Waals surface area contributed by atoms with Gasteiger partial charge in [-0.1, -0.05) is 17.7 Å². The van der Waals surface area contributed by atoms with E-state index in [0.29, 0.717) is 16.1 Å². The van der Waals surface area contributed by atoms with Gasteiger partial charge in [-0.3, -0.25) is 9.10 Å². The van der Waals surface area contributed by atoms with Crippen LogP contribution < -0.4 is 14.4 Å². The van der Waals surface area contributed by atoms with E-state index in [1.165, 1.54) is 6.92 Å². The van der Waals surface area contributed by atoms with E-state index in [0.717, 1.165) is 29.5 Å². The third-order valence-corrected chi connectivity index (χ3v) is 6.03. The van der Waals surface area contributed by atoms with Gasteiger partial charge in [0.15, 0.2) is 0 Å². The summed E-state index contributed by atoms with van der Waals surface area (Å²) >= 11 is 5.62. The molecular formula is C21H24ClF3N2O4S. The zero-order valence-corrected chi connectivity index (χ0v) is 19.5. The number of ether oxygens (including phenoxy) is 1. The summed E-state index contributed by atoms with van der Waals surface area (Å²) in [6.45, 7) is 5.32. The molecule has 1 atom stereocenters. The van der Waals surface area contributed by atoms with Gasteiger partial charge < -0.3 is 10.1 Å². The summed E-state index contributed by atoms with van der Waals surface area (Å²) in [6.07, 6.45) is -3.98. The first-order valence-corrected chi connectivity index (χ1v) is 11.8. The molecule has 0 heterocycles. The van der Waals surface area contributed by atoms with Crippen molar-refractivity contribution >= 4 is 33.2 Å². The van der Waals surface area contributed by atoms with Gasteiger partial charge in [0.25, 0.3) is 0 Å². The SMILES string of the molecule is Cc1cc(C)cc(OCCNC(=O)[C@@H](C)N(c2ccc(Cl)c(C(F)(F)F)c2)S(C)(=O)=O)c1. The van der Waals surface area contributed by atoms with Gasteiger partial charge in [-0.15, -0.1) is 0 Å². The number of sulfonamides is 1. The van der Waals surface area contributed by atoms with E-state index in [9.17, 15) is 26.4 Å². The van der Waals surface area contributed by atoms with Crippen LogP contribution in [0.2, 0.25) is 5.02 Å². The quantitative estimate of drug-likeness (QED) is 0.557. The van der Waals surface area contributed by atoms with E-state index in [-0.39, 0.29) is 18.8 Å². The number of rotatable bonds is 8. The first-order valence-electron chi connectivity index (χ1n) is 9.55. The molecule has 0 unspecified atom stereocenters. The Labute approximate surface area is 190 Å². The Morgan fingerprint density at radius 1 is 1.16 bits per heavy atom. The van der Waals surface area contributed by atoms with Gasteiger partial charge in [-0.05, 0) is 62.2 Å². The van der Waals surface area contributed by atoms with Crippen molar-refractivity contribution in [3.8, 4) is 5.75 Å². The fourth-order valence-electron chi connectivity index (χ4n) is 3.18. The molecule has 2 aromatic carbocycles. The summed E-state index contributed by atoms with van der Waals surface area (Å²) in [4.78, 5) is 12.6. The van der Waals surface area contributed by atoms with Crippen LogP contribution in [-0.2, 0) is 21.0 Å². The van der Waals surface area contributed by atoms with E-state index >= 15 is 0 Å².